The molecule has 0 bridgehead atoms. The normalized spacial score (nSPS) is 17.0. The van der Waals surface area contributed by atoms with Gasteiger partial charge in [0.05, 0.1) is 6.61 Å². The number of aromatic nitrogens is 1. The highest BCUT2D eigenvalue weighted by Gasteiger charge is 2.23. The summed E-state index contributed by atoms with van der Waals surface area (Å²) in [5.41, 5.74) is 0.411. The summed E-state index contributed by atoms with van der Waals surface area (Å²) in [6, 6.07) is 2.34. The molecule has 1 aromatic heterocycles. The van der Waals surface area contributed by atoms with Crippen molar-refractivity contribution in [3.63, 3.8) is 0 Å². The summed E-state index contributed by atoms with van der Waals surface area (Å²) in [5.74, 6) is -0.720. The Morgan fingerprint density at radius 1 is 1.24 bits per heavy atom. The molecule has 1 atom stereocenters. The number of hydrogen-bond donors (Lipinski definition) is 3. The first-order valence-electron chi connectivity index (χ1n) is 7.33. The van der Waals surface area contributed by atoms with Crippen molar-refractivity contribution in [3.8, 4) is 0 Å². The molecule has 6 nitrogen and oxygen atoms in total. The Labute approximate surface area is 124 Å². The van der Waals surface area contributed by atoms with E-state index in [9.17, 15) is 14.7 Å². The Morgan fingerprint density at radius 3 is 2.52 bits per heavy atom. The smallest absolute Gasteiger partial charge is 0.252 e. The van der Waals surface area contributed by atoms with Gasteiger partial charge in [0.25, 0.3) is 5.91 Å². The lowest BCUT2D eigenvalue weighted by molar-refractivity contribution is -0.124. The lowest BCUT2D eigenvalue weighted by Crippen LogP contribution is -2.51. The molecule has 1 aliphatic rings. The maximum Gasteiger partial charge on any atom is 0.252 e. The third kappa shape index (κ3) is 4.53. The molecule has 1 aliphatic carbocycles. The number of amides is 2. The molecule has 1 saturated carbocycles. The van der Waals surface area contributed by atoms with Crippen LogP contribution in [0.3, 0.4) is 0 Å². The maximum absolute atomic E-state index is 12.1. The zero-order valence-corrected chi connectivity index (χ0v) is 11.9. The van der Waals surface area contributed by atoms with E-state index in [1.807, 2.05) is 0 Å². The quantitative estimate of drug-likeness (QED) is 0.741. The lowest BCUT2D eigenvalue weighted by atomic mass is 9.95. The highest BCUT2D eigenvalue weighted by molar-refractivity contribution is 5.97. The minimum absolute atomic E-state index is 0.151. The molecule has 0 radical (unpaired) electrons. The summed E-state index contributed by atoms with van der Waals surface area (Å²) in [5, 5.41) is 14.8. The van der Waals surface area contributed by atoms with Crippen LogP contribution < -0.4 is 10.6 Å². The number of carbonyl (C=O) groups is 2. The Balaban J connectivity index is 1.89. The van der Waals surface area contributed by atoms with Crippen LogP contribution in [-0.4, -0.2) is 40.6 Å². The molecule has 0 spiro atoms. The number of nitrogens with zero attached hydrogens (tertiary/aromatic N) is 1. The van der Waals surface area contributed by atoms with Crippen LogP contribution in [0.5, 0.6) is 0 Å². The van der Waals surface area contributed by atoms with Crippen molar-refractivity contribution in [2.75, 3.05) is 6.61 Å². The van der Waals surface area contributed by atoms with Gasteiger partial charge in [-0.05, 0) is 25.0 Å². The van der Waals surface area contributed by atoms with Gasteiger partial charge in [0.15, 0.2) is 0 Å². The van der Waals surface area contributed by atoms with Crippen molar-refractivity contribution in [1.29, 1.82) is 0 Å². The molecule has 2 rings (SSSR count). The van der Waals surface area contributed by atoms with Crippen LogP contribution in [0.4, 0.5) is 0 Å². The van der Waals surface area contributed by atoms with Gasteiger partial charge in [0.2, 0.25) is 5.91 Å². The van der Waals surface area contributed by atoms with Crippen molar-refractivity contribution in [2.24, 2.45) is 0 Å². The molecular weight excluding hydrogens is 270 g/mol. The molecule has 6 heteroatoms. The fourth-order valence-corrected chi connectivity index (χ4v) is 2.49. The highest BCUT2D eigenvalue weighted by atomic mass is 16.3. The van der Waals surface area contributed by atoms with E-state index < -0.39 is 18.6 Å². The second-order valence-corrected chi connectivity index (χ2v) is 5.29. The number of rotatable bonds is 5. The lowest BCUT2D eigenvalue weighted by Gasteiger charge is -2.25. The first-order chi connectivity index (χ1) is 10.2. The fourth-order valence-electron chi connectivity index (χ4n) is 2.49. The van der Waals surface area contributed by atoms with Crippen molar-refractivity contribution < 1.29 is 14.7 Å². The van der Waals surface area contributed by atoms with Crippen molar-refractivity contribution in [2.45, 2.75) is 44.2 Å². The zero-order valence-electron chi connectivity index (χ0n) is 11.9. The number of pyridine rings is 1. The van der Waals surface area contributed by atoms with E-state index in [4.69, 9.17) is 0 Å². The van der Waals surface area contributed by atoms with Crippen LogP contribution in [0.15, 0.2) is 24.5 Å². The fraction of sp³-hybridized carbons (Fsp3) is 0.533. The monoisotopic (exact) mass is 291 g/mol. The van der Waals surface area contributed by atoms with E-state index in [2.05, 4.69) is 15.6 Å². The summed E-state index contributed by atoms with van der Waals surface area (Å²) >= 11 is 0. The zero-order chi connectivity index (χ0) is 15.1. The molecule has 0 unspecified atom stereocenters. The maximum atomic E-state index is 12.1. The van der Waals surface area contributed by atoms with Gasteiger partial charge in [-0.2, -0.15) is 0 Å². The summed E-state index contributed by atoms with van der Waals surface area (Å²) in [7, 11) is 0. The Kier molecular flexibility index (Phi) is 5.68. The number of aliphatic hydroxyl groups excluding tert-OH is 1. The number of aliphatic hydroxyl groups is 1. The topological polar surface area (TPSA) is 91.3 Å². The van der Waals surface area contributed by atoms with E-state index in [1.54, 1.807) is 12.1 Å². The second-order valence-electron chi connectivity index (χ2n) is 5.29. The number of nitrogens with one attached hydrogen (secondary N) is 2. The van der Waals surface area contributed by atoms with E-state index in [0.717, 1.165) is 25.7 Å². The predicted octanol–water partition coefficient (Wildman–Crippen LogP) is 0.621. The van der Waals surface area contributed by atoms with Crippen molar-refractivity contribution in [3.05, 3.63) is 30.1 Å². The third-order valence-electron chi connectivity index (χ3n) is 3.70. The Bertz CT molecular complexity index is 472. The largest absolute Gasteiger partial charge is 0.394 e. The number of hydrogen-bond acceptors (Lipinski definition) is 4. The second kappa shape index (κ2) is 7.73. The molecule has 3 N–H and O–H groups in total. The average molecular weight is 291 g/mol. The van der Waals surface area contributed by atoms with Crippen LogP contribution in [0.1, 0.15) is 42.5 Å². The van der Waals surface area contributed by atoms with E-state index >= 15 is 0 Å². The molecular formula is C15H21N3O3. The van der Waals surface area contributed by atoms with Crippen molar-refractivity contribution >= 4 is 11.8 Å². The van der Waals surface area contributed by atoms with Gasteiger partial charge in [-0.3, -0.25) is 14.6 Å². The van der Waals surface area contributed by atoms with Crippen molar-refractivity contribution in [1.82, 2.24) is 15.6 Å². The molecule has 0 aliphatic heterocycles. The van der Waals surface area contributed by atoms with Crippen LogP contribution in [-0.2, 0) is 4.79 Å². The van der Waals surface area contributed by atoms with Gasteiger partial charge in [0.1, 0.15) is 6.04 Å². The van der Waals surface area contributed by atoms with Gasteiger partial charge < -0.3 is 15.7 Å². The summed E-state index contributed by atoms with van der Waals surface area (Å²) in [6.07, 6.45) is 8.35. The summed E-state index contributed by atoms with van der Waals surface area (Å²) in [6.45, 7) is -0.421. The van der Waals surface area contributed by atoms with E-state index in [0.29, 0.717) is 5.56 Å². The van der Waals surface area contributed by atoms with Gasteiger partial charge >= 0.3 is 0 Å². The van der Waals surface area contributed by atoms with Crippen LogP contribution >= 0.6 is 0 Å². The van der Waals surface area contributed by atoms with Gasteiger partial charge in [-0.15, -0.1) is 0 Å². The molecule has 114 valence electrons. The molecule has 1 aromatic rings. The average Bonchev–Trinajstić information content (AvgIpc) is 2.54. The predicted molar refractivity (Wildman–Crippen MR) is 77.6 cm³/mol. The Morgan fingerprint density at radius 2 is 1.90 bits per heavy atom. The summed E-state index contributed by atoms with van der Waals surface area (Å²) in [4.78, 5) is 27.9. The Hall–Kier alpha value is -1.95. The minimum Gasteiger partial charge on any atom is -0.394 e. The van der Waals surface area contributed by atoms with E-state index in [1.165, 1.54) is 18.8 Å². The van der Waals surface area contributed by atoms with Gasteiger partial charge in [0, 0.05) is 24.0 Å². The van der Waals surface area contributed by atoms with Gasteiger partial charge in [-0.1, -0.05) is 19.3 Å². The van der Waals surface area contributed by atoms with Crippen LogP contribution in [0.25, 0.3) is 0 Å². The molecule has 21 heavy (non-hydrogen) atoms. The molecule has 0 aromatic carbocycles. The van der Waals surface area contributed by atoms with Crippen LogP contribution in [0, 0.1) is 0 Å². The highest BCUT2D eigenvalue weighted by Crippen LogP contribution is 2.17. The van der Waals surface area contributed by atoms with E-state index in [-0.39, 0.29) is 11.9 Å². The first kappa shape index (κ1) is 15.4. The third-order valence-corrected chi connectivity index (χ3v) is 3.70. The number of carbonyl (C=O) groups excluding carboxylic acids is 2. The SMILES string of the molecule is O=C(N[C@@H](CO)C(=O)NC1CCCCC1)c1ccncc1. The molecule has 2 amide bonds. The minimum atomic E-state index is -0.924. The molecule has 1 fully saturated rings. The molecule has 0 saturated heterocycles. The standard InChI is InChI=1S/C15H21N3O3/c19-10-13(15(21)17-12-4-2-1-3-5-12)18-14(20)11-6-8-16-9-7-11/h6-9,12-13,19H,1-5,10H2,(H,17,21)(H,18,20)/t13-/m0/s1. The van der Waals surface area contributed by atoms with Crippen LogP contribution in [0.2, 0.25) is 0 Å². The summed E-state index contributed by atoms with van der Waals surface area (Å²) < 4.78 is 0. The first-order valence-corrected chi connectivity index (χ1v) is 7.33. The molecule has 1 heterocycles. The van der Waals surface area contributed by atoms with Gasteiger partial charge in [-0.25, -0.2) is 0 Å².